The molecule has 14 heavy (non-hydrogen) atoms. The zero-order valence-electron chi connectivity index (χ0n) is 6.91. The summed E-state index contributed by atoms with van der Waals surface area (Å²) < 4.78 is 44.9. The van der Waals surface area contributed by atoms with Gasteiger partial charge in [-0.05, 0) is 17.7 Å². The molecule has 1 rings (SSSR count). The molecular formula is C8H7BrF2O2S. The minimum atomic E-state index is -3.59. The van der Waals surface area contributed by atoms with Gasteiger partial charge in [-0.15, -0.1) is 0 Å². The third-order valence-electron chi connectivity index (χ3n) is 1.58. The molecule has 0 fully saturated rings. The van der Waals surface area contributed by atoms with Crippen molar-refractivity contribution in [3.63, 3.8) is 0 Å². The second-order valence-electron chi connectivity index (χ2n) is 2.69. The Bertz CT molecular complexity index is 340. The first kappa shape index (κ1) is 11.7. The Morgan fingerprint density at radius 1 is 1.36 bits per heavy atom. The summed E-state index contributed by atoms with van der Waals surface area (Å²) in [5.41, 5.74) is 0.320. The maximum atomic E-state index is 12.8. The highest BCUT2D eigenvalue weighted by atomic mass is 79.9. The lowest BCUT2D eigenvalue weighted by Crippen LogP contribution is -2.25. The van der Waals surface area contributed by atoms with E-state index in [1.165, 1.54) is 12.1 Å². The summed E-state index contributed by atoms with van der Waals surface area (Å²) in [7, 11) is 0. The molecule has 78 valence electrons. The number of rotatable bonds is 3. The highest BCUT2D eigenvalue weighted by Gasteiger charge is 2.36. The number of hydrogen-bond donors (Lipinski definition) is 1. The Morgan fingerprint density at radius 3 is 2.29 bits per heavy atom. The van der Waals surface area contributed by atoms with Gasteiger partial charge in [0, 0.05) is 4.47 Å². The molecule has 0 aliphatic heterocycles. The summed E-state index contributed by atoms with van der Waals surface area (Å²) in [5.74, 6) is 0. The zero-order valence-corrected chi connectivity index (χ0v) is 9.32. The quantitative estimate of drug-likeness (QED) is 0.867. The van der Waals surface area contributed by atoms with E-state index >= 15 is 0 Å². The lowest BCUT2D eigenvalue weighted by molar-refractivity contribution is 0.0906. The van der Waals surface area contributed by atoms with Crippen molar-refractivity contribution in [2.24, 2.45) is 0 Å². The van der Waals surface area contributed by atoms with Crippen molar-refractivity contribution in [2.75, 3.05) is 0 Å². The first-order valence-electron chi connectivity index (χ1n) is 3.65. The average molecular weight is 285 g/mol. The van der Waals surface area contributed by atoms with Gasteiger partial charge in [0.05, 0.1) is 6.42 Å². The van der Waals surface area contributed by atoms with Crippen LogP contribution in [0.15, 0.2) is 28.7 Å². The van der Waals surface area contributed by atoms with Crippen LogP contribution >= 0.6 is 15.9 Å². The monoisotopic (exact) mass is 284 g/mol. The molecule has 0 amide bonds. The molecule has 1 N–H and O–H groups in total. The molecule has 0 saturated heterocycles. The van der Waals surface area contributed by atoms with Gasteiger partial charge in [-0.2, -0.15) is 8.78 Å². The summed E-state index contributed by atoms with van der Waals surface area (Å²) >= 11 is 0.0303. The van der Waals surface area contributed by atoms with E-state index in [-0.39, 0.29) is 0 Å². The van der Waals surface area contributed by atoms with E-state index in [1.807, 2.05) is 0 Å². The van der Waals surface area contributed by atoms with Crippen molar-refractivity contribution in [1.29, 1.82) is 0 Å². The predicted molar refractivity (Wildman–Crippen MR) is 53.6 cm³/mol. The standard InChI is InChI=1S/C8H7BrF2O2S/c9-7-3-1-6(2-4-7)5-8(10,11)14(12)13/h1-4H,5H2,(H,12,13). The molecule has 1 unspecified atom stereocenters. The number of benzene rings is 1. The van der Waals surface area contributed by atoms with E-state index in [0.29, 0.717) is 5.56 Å². The van der Waals surface area contributed by atoms with Crippen molar-refractivity contribution >= 4 is 27.0 Å². The van der Waals surface area contributed by atoms with Crippen LogP contribution in [0.3, 0.4) is 0 Å². The molecule has 1 atom stereocenters. The smallest absolute Gasteiger partial charge is 0.301 e. The van der Waals surface area contributed by atoms with Crippen molar-refractivity contribution in [3.05, 3.63) is 34.3 Å². The molecular weight excluding hydrogens is 278 g/mol. The van der Waals surface area contributed by atoms with Crippen LogP contribution in [0.1, 0.15) is 5.56 Å². The van der Waals surface area contributed by atoms with E-state index < -0.39 is 22.8 Å². The molecule has 0 aromatic heterocycles. The minimum absolute atomic E-state index is 0.320. The fourth-order valence-corrected chi connectivity index (χ4v) is 1.46. The van der Waals surface area contributed by atoms with Gasteiger partial charge in [-0.1, -0.05) is 28.1 Å². The molecule has 0 heterocycles. The second kappa shape index (κ2) is 4.46. The van der Waals surface area contributed by atoms with Gasteiger partial charge in [0.1, 0.15) is 0 Å². The summed E-state index contributed by atoms with van der Waals surface area (Å²) in [4.78, 5) is 0. The van der Waals surface area contributed by atoms with E-state index in [1.54, 1.807) is 12.1 Å². The zero-order chi connectivity index (χ0) is 10.8. The Hall–Kier alpha value is -0.330. The van der Waals surface area contributed by atoms with Gasteiger partial charge in [-0.3, -0.25) is 0 Å². The van der Waals surface area contributed by atoms with Crippen molar-refractivity contribution in [1.82, 2.24) is 0 Å². The fourth-order valence-electron chi connectivity index (χ4n) is 0.902. The van der Waals surface area contributed by atoms with Crippen LogP contribution in [-0.4, -0.2) is 14.0 Å². The van der Waals surface area contributed by atoms with E-state index in [9.17, 15) is 13.0 Å². The number of hydrogen-bond acceptors (Lipinski definition) is 1. The van der Waals surface area contributed by atoms with Gasteiger partial charge in [0.2, 0.25) is 11.1 Å². The Labute approximate surface area is 90.7 Å². The first-order valence-corrected chi connectivity index (χ1v) is 5.55. The molecule has 2 nitrogen and oxygen atoms in total. The predicted octanol–water partition coefficient (Wildman–Crippen LogP) is 2.81. The Balaban J connectivity index is 2.79. The summed E-state index contributed by atoms with van der Waals surface area (Å²) in [6.07, 6.45) is -0.733. The average Bonchev–Trinajstić information content (AvgIpc) is 2.08. The fraction of sp³-hybridized carbons (Fsp3) is 0.250. The van der Waals surface area contributed by atoms with Gasteiger partial charge in [0.15, 0.2) is 0 Å². The molecule has 0 aliphatic rings. The Morgan fingerprint density at radius 2 is 1.86 bits per heavy atom. The third kappa shape index (κ3) is 3.11. The van der Waals surface area contributed by atoms with E-state index in [0.717, 1.165) is 4.47 Å². The van der Waals surface area contributed by atoms with E-state index in [4.69, 9.17) is 4.55 Å². The first-order chi connectivity index (χ1) is 6.42. The summed E-state index contributed by atoms with van der Waals surface area (Å²) in [5, 5.41) is -3.59. The number of halogens is 3. The van der Waals surface area contributed by atoms with Crippen molar-refractivity contribution in [3.8, 4) is 0 Å². The molecule has 0 spiro atoms. The molecule has 0 aliphatic carbocycles. The van der Waals surface area contributed by atoms with Crippen LogP contribution in [0.4, 0.5) is 8.78 Å². The van der Waals surface area contributed by atoms with Crippen LogP contribution in [0.25, 0.3) is 0 Å². The highest BCUT2D eigenvalue weighted by Crippen LogP contribution is 2.23. The lowest BCUT2D eigenvalue weighted by Gasteiger charge is -2.11. The normalized spacial score (nSPS) is 14.0. The van der Waals surface area contributed by atoms with Gasteiger partial charge < -0.3 is 4.55 Å². The molecule has 0 saturated carbocycles. The van der Waals surface area contributed by atoms with Gasteiger partial charge in [0.25, 0.3) is 0 Å². The van der Waals surface area contributed by atoms with Gasteiger partial charge >= 0.3 is 5.25 Å². The second-order valence-corrected chi connectivity index (χ2v) is 4.70. The summed E-state index contributed by atoms with van der Waals surface area (Å²) in [6.45, 7) is 0. The van der Waals surface area contributed by atoms with E-state index in [2.05, 4.69) is 15.9 Å². The van der Waals surface area contributed by atoms with Crippen LogP contribution in [-0.2, 0) is 17.5 Å². The maximum Gasteiger partial charge on any atom is 0.349 e. The van der Waals surface area contributed by atoms with Crippen LogP contribution in [0.5, 0.6) is 0 Å². The SMILES string of the molecule is O=S(O)C(F)(F)Cc1ccc(Br)cc1. The highest BCUT2D eigenvalue weighted by molar-refractivity contribution is 9.10. The minimum Gasteiger partial charge on any atom is -0.301 e. The number of alkyl halides is 2. The van der Waals surface area contributed by atoms with Crippen molar-refractivity contribution in [2.45, 2.75) is 11.7 Å². The van der Waals surface area contributed by atoms with Gasteiger partial charge in [-0.25, -0.2) is 4.21 Å². The van der Waals surface area contributed by atoms with Crippen molar-refractivity contribution < 1.29 is 17.5 Å². The van der Waals surface area contributed by atoms with Crippen LogP contribution in [0, 0.1) is 0 Å². The maximum absolute atomic E-state index is 12.8. The molecule has 1 aromatic rings. The molecule has 6 heteroatoms. The molecule has 1 aromatic carbocycles. The Kier molecular flexibility index (Phi) is 3.74. The molecule has 0 bridgehead atoms. The molecule has 0 radical (unpaired) electrons. The summed E-state index contributed by atoms with van der Waals surface area (Å²) in [6, 6.07) is 6.16. The lowest BCUT2D eigenvalue weighted by atomic mass is 10.2. The third-order valence-corrected chi connectivity index (χ3v) is 2.76. The topological polar surface area (TPSA) is 37.3 Å². The van der Waals surface area contributed by atoms with Crippen LogP contribution in [0.2, 0.25) is 0 Å². The van der Waals surface area contributed by atoms with Crippen LogP contribution < -0.4 is 0 Å². The largest absolute Gasteiger partial charge is 0.349 e.